The first kappa shape index (κ1) is 17.3. The zero-order chi connectivity index (χ0) is 18.5. The van der Waals surface area contributed by atoms with Crippen molar-refractivity contribution < 1.29 is 14.5 Å². The maximum Gasteiger partial charge on any atom is 0.270 e. The van der Waals surface area contributed by atoms with E-state index in [1.165, 1.54) is 24.3 Å². The highest BCUT2D eigenvalue weighted by atomic mass is 16.6. The van der Waals surface area contributed by atoms with Crippen LogP contribution in [0.1, 0.15) is 28.8 Å². The Hall–Kier alpha value is -3.48. The van der Waals surface area contributed by atoms with Crippen molar-refractivity contribution in [3.05, 3.63) is 75.8 Å². The summed E-state index contributed by atoms with van der Waals surface area (Å²) in [5.41, 5.74) is 1.62. The molecular weight excluding hydrogens is 334 g/mol. The standard InChI is InChI=1S/C19H17N3O4/c23-18(11-4-13-2-1-3-17(12-13)22(25)26)20-15-7-5-14(6-8-15)19(24)21-16-9-10-16/h1-8,11-12,16H,9-10H2,(H,20,23)(H,21,24)/b11-4+. The second-order valence-electron chi connectivity index (χ2n) is 6.00. The summed E-state index contributed by atoms with van der Waals surface area (Å²) in [5.74, 6) is -0.484. The van der Waals surface area contributed by atoms with Crippen molar-refractivity contribution in [2.45, 2.75) is 18.9 Å². The van der Waals surface area contributed by atoms with E-state index in [9.17, 15) is 19.7 Å². The van der Waals surface area contributed by atoms with Gasteiger partial charge in [0, 0.05) is 35.5 Å². The van der Waals surface area contributed by atoms with Gasteiger partial charge in [-0.15, -0.1) is 0 Å². The predicted molar refractivity (Wildman–Crippen MR) is 97.7 cm³/mol. The van der Waals surface area contributed by atoms with E-state index >= 15 is 0 Å². The number of carbonyl (C=O) groups is 2. The lowest BCUT2D eigenvalue weighted by Gasteiger charge is -2.05. The lowest BCUT2D eigenvalue weighted by atomic mass is 10.2. The molecule has 0 atom stereocenters. The molecule has 0 aromatic heterocycles. The van der Waals surface area contributed by atoms with Crippen molar-refractivity contribution in [3.8, 4) is 0 Å². The van der Waals surface area contributed by atoms with Gasteiger partial charge in [0.05, 0.1) is 4.92 Å². The fraction of sp³-hybridized carbons (Fsp3) is 0.158. The molecule has 0 unspecified atom stereocenters. The van der Waals surface area contributed by atoms with E-state index in [4.69, 9.17) is 0 Å². The Bertz CT molecular complexity index is 871. The SMILES string of the molecule is O=C(/C=C/c1cccc([N+](=O)[O-])c1)Nc1ccc(C(=O)NC2CC2)cc1. The van der Waals surface area contributed by atoms with Gasteiger partial charge in [0.15, 0.2) is 0 Å². The minimum Gasteiger partial charge on any atom is -0.349 e. The van der Waals surface area contributed by atoms with Gasteiger partial charge in [-0.2, -0.15) is 0 Å². The van der Waals surface area contributed by atoms with E-state index in [1.807, 2.05) is 0 Å². The van der Waals surface area contributed by atoms with Crippen LogP contribution in [0.15, 0.2) is 54.6 Å². The third kappa shape index (κ3) is 4.76. The first-order valence-electron chi connectivity index (χ1n) is 8.16. The van der Waals surface area contributed by atoms with Gasteiger partial charge < -0.3 is 10.6 Å². The Balaban J connectivity index is 1.58. The van der Waals surface area contributed by atoms with Crippen LogP contribution in [0.2, 0.25) is 0 Å². The molecule has 7 nitrogen and oxygen atoms in total. The number of nitro groups is 1. The molecule has 3 rings (SSSR count). The molecule has 0 heterocycles. The number of nitrogens with one attached hydrogen (secondary N) is 2. The lowest BCUT2D eigenvalue weighted by molar-refractivity contribution is -0.384. The molecule has 7 heteroatoms. The fourth-order valence-electron chi connectivity index (χ4n) is 2.30. The Morgan fingerprint density at radius 3 is 2.50 bits per heavy atom. The molecule has 2 aromatic rings. The second kappa shape index (κ2) is 7.60. The maximum absolute atomic E-state index is 12.0. The minimum absolute atomic E-state index is 0.0346. The molecule has 1 fully saturated rings. The number of anilines is 1. The van der Waals surface area contributed by atoms with Crippen molar-refractivity contribution in [3.63, 3.8) is 0 Å². The van der Waals surface area contributed by atoms with Gasteiger partial charge in [0.1, 0.15) is 0 Å². The average molecular weight is 351 g/mol. The third-order valence-electron chi connectivity index (χ3n) is 3.84. The Morgan fingerprint density at radius 2 is 1.85 bits per heavy atom. The van der Waals surface area contributed by atoms with Gasteiger partial charge in [0.25, 0.3) is 11.6 Å². The van der Waals surface area contributed by atoms with Crippen LogP contribution in [0.25, 0.3) is 6.08 Å². The van der Waals surface area contributed by atoms with Gasteiger partial charge in [-0.3, -0.25) is 19.7 Å². The lowest BCUT2D eigenvalue weighted by Crippen LogP contribution is -2.25. The van der Waals surface area contributed by atoms with Gasteiger partial charge in [-0.25, -0.2) is 0 Å². The average Bonchev–Trinajstić information content (AvgIpc) is 3.45. The van der Waals surface area contributed by atoms with Crippen molar-refractivity contribution in [2.24, 2.45) is 0 Å². The summed E-state index contributed by atoms with van der Waals surface area (Å²) >= 11 is 0. The largest absolute Gasteiger partial charge is 0.349 e. The van der Waals surface area contributed by atoms with Gasteiger partial charge >= 0.3 is 0 Å². The van der Waals surface area contributed by atoms with Crippen LogP contribution >= 0.6 is 0 Å². The quantitative estimate of drug-likeness (QED) is 0.474. The maximum atomic E-state index is 12.0. The molecule has 0 radical (unpaired) electrons. The van der Waals surface area contributed by atoms with Gasteiger partial charge in [-0.05, 0) is 48.7 Å². The highest BCUT2D eigenvalue weighted by Crippen LogP contribution is 2.20. The number of benzene rings is 2. The molecule has 0 aliphatic heterocycles. The van der Waals surface area contributed by atoms with Crippen molar-refractivity contribution in [1.29, 1.82) is 0 Å². The number of nitrogens with zero attached hydrogens (tertiary/aromatic N) is 1. The molecule has 0 saturated heterocycles. The van der Waals surface area contributed by atoms with Crippen LogP contribution in [-0.2, 0) is 4.79 Å². The first-order valence-corrected chi connectivity index (χ1v) is 8.16. The van der Waals surface area contributed by atoms with E-state index in [2.05, 4.69) is 10.6 Å². The summed E-state index contributed by atoms with van der Waals surface area (Å²) in [6.45, 7) is 0. The predicted octanol–water partition coefficient (Wildman–Crippen LogP) is 3.14. The molecule has 132 valence electrons. The number of non-ortho nitro benzene ring substituents is 1. The molecule has 1 saturated carbocycles. The summed E-state index contributed by atoms with van der Waals surface area (Å²) in [5, 5.41) is 16.3. The normalized spacial score (nSPS) is 13.4. The Morgan fingerprint density at radius 1 is 1.12 bits per heavy atom. The molecule has 1 aliphatic rings. The number of hydrogen-bond acceptors (Lipinski definition) is 4. The number of carbonyl (C=O) groups excluding carboxylic acids is 2. The fourth-order valence-corrected chi connectivity index (χ4v) is 2.30. The van der Waals surface area contributed by atoms with Crippen molar-refractivity contribution in [2.75, 3.05) is 5.32 Å². The van der Waals surface area contributed by atoms with Crippen LogP contribution in [0.4, 0.5) is 11.4 Å². The molecule has 2 N–H and O–H groups in total. The van der Waals surface area contributed by atoms with E-state index in [0.29, 0.717) is 22.9 Å². The van der Waals surface area contributed by atoms with Crippen LogP contribution in [0.5, 0.6) is 0 Å². The number of amides is 2. The number of hydrogen-bond donors (Lipinski definition) is 2. The molecule has 0 bridgehead atoms. The number of rotatable bonds is 6. The van der Waals surface area contributed by atoms with Crippen LogP contribution in [0, 0.1) is 10.1 Å². The monoisotopic (exact) mass is 351 g/mol. The summed E-state index contributed by atoms with van der Waals surface area (Å²) in [7, 11) is 0. The summed E-state index contributed by atoms with van der Waals surface area (Å²) in [4.78, 5) is 34.1. The Kier molecular flexibility index (Phi) is 5.07. The molecule has 26 heavy (non-hydrogen) atoms. The summed E-state index contributed by atoms with van der Waals surface area (Å²) in [6, 6.07) is 12.9. The third-order valence-corrected chi connectivity index (χ3v) is 3.84. The van der Waals surface area contributed by atoms with E-state index in [1.54, 1.807) is 36.4 Å². The highest BCUT2D eigenvalue weighted by molar-refractivity contribution is 6.02. The summed E-state index contributed by atoms with van der Waals surface area (Å²) in [6.07, 6.45) is 4.85. The van der Waals surface area contributed by atoms with Crippen molar-refractivity contribution >= 4 is 29.3 Å². The van der Waals surface area contributed by atoms with Gasteiger partial charge in [0.2, 0.25) is 5.91 Å². The smallest absolute Gasteiger partial charge is 0.270 e. The molecule has 2 aromatic carbocycles. The topological polar surface area (TPSA) is 101 Å². The second-order valence-corrected chi connectivity index (χ2v) is 6.00. The van der Waals surface area contributed by atoms with Gasteiger partial charge in [-0.1, -0.05) is 12.1 Å². The molecule has 1 aliphatic carbocycles. The highest BCUT2D eigenvalue weighted by Gasteiger charge is 2.23. The zero-order valence-corrected chi connectivity index (χ0v) is 13.8. The molecular formula is C19H17N3O4. The zero-order valence-electron chi connectivity index (χ0n) is 13.8. The van der Waals surface area contributed by atoms with Crippen LogP contribution in [0.3, 0.4) is 0 Å². The van der Waals surface area contributed by atoms with E-state index in [-0.39, 0.29) is 17.5 Å². The molecule has 0 spiro atoms. The summed E-state index contributed by atoms with van der Waals surface area (Å²) < 4.78 is 0. The van der Waals surface area contributed by atoms with E-state index in [0.717, 1.165) is 12.8 Å². The first-order chi connectivity index (χ1) is 12.5. The van der Waals surface area contributed by atoms with Crippen LogP contribution < -0.4 is 10.6 Å². The molecule has 2 amide bonds. The van der Waals surface area contributed by atoms with E-state index < -0.39 is 4.92 Å². The van der Waals surface area contributed by atoms with Crippen LogP contribution in [-0.4, -0.2) is 22.8 Å². The minimum atomic E-state index is -0.488. The number of nitro benzene ring substituents is 1. The van der Waals surface area contributed by atoms with Crippen molar-refractivity contribution in [1.82, 2.24) is 5.32 Å². The Labute approximate surface area is 149 Å².